The number of carbonyl (C=O) groups excluding carboxylic acids is 2. The lowest BCUT2D eigenvalue weighted by Gasteiger charge is -2.24. The standard InChI is InChI=1S/C12H15FN2O2/c1-12(2,11(17)14-3)15-10(16)8-4-6-9(13)7-5-8/h4-7H,1-3H3,(H,14,17)(H,15,16). The smallest absolute Gasteiger partial charge is 0.252 e. The average Bonchev–Trinajstić information content (AvgIpc) is 2.28. The molecule has 1 aromatic carbocycles. The molecule has 4 nitrogen and oxygen atoms in total. The highest BCUT2D eigenvalue weighted by Gasteiger charge is 2.28. The predicted octanol–water partition coefficient (Wildman–Crippen LogP) is 1.08. The van der Waals surface area contributed by atoms with Crippen molar-refractivity contribution >= 4 is 11.8 Å². The largest absolute Gasteiger partial charge is 0.357 e. The van der Waals surface area contributed by atoms with Crippen molar-refractivity contribution in [2.24, 2.45) is 0 Å². The van der Waals surface area contributed by atoms with Gasteiger partial charge in [0.2, 0.25) is 5.91 Å². The SMILES string of the molecule is CNC(=O)C(C)(C)NC(=O)c1ccc(F)cc1. The van der Waals surface area contributed by atoms with Gasteiger partial charge in [0.15, 0.2) is 0 Å². The zero-order valence-corrected chi connectivity index (χ0v) is 10.0. The molecule has 2 amide bonds. The van der Waals surface area contributed by atoms with Gasteiger partial charge in [-0.1, -0.05) is 0 Å². The lowest BCUT2D eigenvalue weighted by atomic mass is 10.0. The van der Waals surface area contributed by atoms with Crippen LogP contribution in [0.15, 0.2) is 24.3 Å². The molecule has 92 valence electrons. The summed E-state index contributed by atoms with van der Waals surface area (Å²) in [5.41, 5.74) is -0.705. The molecular weight excluding hydrogens is 223 g/mol. The number of likely N-dealkylation sites (N-methyl/N-ethyl adjacent to an activating group) is 1. The van der Waals surface area contributed by atoms with Crippen molar-refractivity contribution in [3.05, 3.63) is 35.6 Å². The molecule has 0 saturated heterocycles. The van der Waals surface area contributed by atoms with E-state index in [2.05, 4.69) is 10.6 Å². The maximum atomic E-state index is 12.7. The van der Waals surface area contributed by atoms with Crippen molar-refractivity contribution in [3.8, 4) is 0 Å². The van der Waals surface area contributed by atoms with Crippen LogP contribution in [0.25, 0.3) is 0 Å². The molecule has 0 spiro atoms. The first-order valence-electron chi connectivity index (χ1n) is 5.17. The second-order valence-electron chi connectivity index (χ2n) is 4.17. The Morgan fingerprint density at radius 3 is 2.18 bits per heavy atom. The van der Waals surface area contributed by atoms with Gasteiger partial charge in [0.25, 0.3) is 5.91 Å². The molecule has 0 bridgehead atoms. The number of benzene rings is 1. The van der Waals surface area contributed by atoms with Crippen molar-refractivity contribution in [2.45, 2.75) is 19.4 Å². The second kappa shape index (κ2) is 4.95. The van der Waals surface area contributed by atoms with Crippen LogP contribution in [0.1, 0.15) is 24.2 Å². The molecule has 0 radical (unpaired) electrons. The van der Waals surface area contributed by atoms with Gasteiger partial charge >= 0.3 is 0 Å². The van der Waals surface area contributed by atoms with E-state index in [0.717, 1.165) is 0 Å². The van der Waals surface area contributed by atoms with Crippen molar-refractivity contribution in [2.75, 3.05) is 7.05 Å². The summed E-state index contributed by atoms with van der Waals surface area (Å²) in [4.78, 5) is 23.2. The van der Waals surface area contributed by atoms with E-state index < -0.39 is 17.3 Å². The van der Waals surface area contributed by atoms with Crippen LogP contribution in [0.2, 0.25) is 0 Å². The van der Waals surface area contributed by atoms with Crippen LogP contribution in [0, 0.1) is 5.82 Å². The molecule has 0 saturated carbocycles. The first kappa shape index (κ1) is 13.2. The monoisotopic (exact) mass is 238 g/mol. The zero-order chi connectivity index (χ0) is 13.1. The van der Waals surface area contributed by atoms with Crippen LogP contribution >= 0.6 is 0 Å². The molecule has 0 aliphatic rings. The van der Waals surface area contributed by atoms with Gasteiger partial charge < -0.3 is 10.6 Å². The Balaban J connectivity index is 2.79. The molecular formula is C12H15FN2O2. The zero-order valence-electron chi connectivity index (χ0n) is 10.0. The maximum absolute atomic E-state index is 12.7. The van der Waals surface area contributed by atoms with E-state index in [9.17, 15) is 14.0 Å². The highest BCUT2D eigenvalue weighted by molar-refractivity contribution is 5.98. The molecule has 5 heteroatoms. The molecule has 0 aromatic heterocycles. The number of rotatable bonds is 3. The van der Waals surface area contributed by atoms with Crippen LogP contribution < -0.4 is 10.6 Å². The van der Waals surface area contributed by atoms with E-state index >= 15 is 0 Å². The summed E-state index contributed by atoms with van der Waals surface area (Å²) in [6, 6.07) is 5.12. The van der Waals surface area contributed by atoms with Crippen molar-refractivity contribution < 1.29 is 14.0 Å². The molecule has 17 heavy (non-hydrogen) atoms. The Morgan fingerprint density at radius 2 is 1.71 bits per heavy atom. The molecule has 0 unspecified atom stereocenters. The molecule has 0 aliphatic carbocycles. The minimum Gasteiger partial charge on any atom is -0.357 e. The number of halogens is 1. The highest BCUT2D eigenvalue weighted by Crippen LogP contribution is 2.07. The first-order chi connectivity index (χ1) is 7.86. The second-order valence-corrected chi connectivity index (χ2v) is 4.17. The number of nitrogens with one attached hydrogen (secondary N) is 2. The van der Waals surface area contributed by atoms with E-state index in [-0.39, 0.29) is 5.91 Å². The number of hydrogen-bond acceptors (Lipinski definition) is 2. The summed E-state index contributed by atoms with van der Waals surface area (Å²) < 4.78 is 12.7. The molecule has 0 fully saturated rings. The summed E-state index contributed by atoms with van der Waals surface area (Å²) in [6.07, 6.45) is 0. The summed E-state index contributed by atoms with van der Waals surface area (Å²) in [5, 5.41) is 5.03. The van der Waals surface area contributed by atoms with Gasteiger partial charge in [-0.05, 0) is 38.1 Å². The van der Waals surface area contributed by atoms with Gasteiger partial charge in [0.05, 0.1) is 0 Å². The van der Waals surface area contributed by atoms with E-state index in [4.69, 9.17) is 0 Å². The predicted molar refractivity (Wildman–Crippen MR) is 62.0 cm³/mol. The Labute approximate surface area is 99.2 Å². The lowest BCUT2D eigenvalue weighted by molar-refractivity contribution is -0.125. The third-order valence-corrected chi connectivity index (χ3v) is 2.33. The molecule has 1 rings (SSSR count). The quantitative estimate of drug-likeness (QED) is 0.827. The summed E-state index contributed by atoms with van der Waals surface area (Å²) in [7, 11) is 1.49. The Kier molecular flexibility index (Phi) is 3.83. The number of carbonyl (C=O) groups is 2. The summed E-state index contributed by atoms with van der Waals surface area (Å²) in [5.74, 6) is -1.13. The molecule has 0 aliphatic heterocycles. The van der Waals surface area contributed by atoms with Gasteiger partial charge in [-0.15, -0.1) is 0 Å². The van der Waals surface area contributed by atoms with Gasteiger partial charge in [-0.2, -0.15) is 0 Å². The molecule has 2 N–H and O–H groups in total. The Bertz CT molecular complexity index is 427. The maximum Gasteiger partial charge on any atom is 0.252 e. The average molecular weight is 238 g/mol. The van der Waals surface area contributed by atoms with Crippen molar-refractivity contribution in [3.63, 3.8) is 0 Å². The fourth-order valence-electron chi connectivity index (χ4n) is 1.33. The minimum atomic E-state index is -1.01. The summed E-state index contributed by atoms with van der Waals surface area (Å²) >= 11 is 0. The molecule has 0 heterocycles. The van der Waals surface area contributed by atoms with Crippen molar-refractivity contribution in [1.82, 2.24) is 10.6 Å². The minimum absolute atomic E-state index is 0.298. The van der Waals surface area contributed by atoms with Gasteiger partial charge in [0, 0.05) is 12.6 Å². The van der Waals surface area contributed by atoms with Crippen LogP contribution in [0.5, 0.6) is 0 Å². The Hall–Kier alpha value is -1.91. The first-order valence-corrected chi connectivity index (χ1v) is 5.17. The van der Waals surface area contributed by atoms with Gasteiger partial charge in [0.1, 0.15) is 11.4 Å². The fourth-order valence-corrected chi connectivity index (χ4v) is 1.33. The highest BCUT2D eigenvalue weighted by atomic mass is 19.1. The number of hydrogen-bond donors (Lipinski definition) is 2. The van der Waals surface area contributed by atoms with Crippen molar-refractivity contribution in [1.29, 1.82) is 0 Å². The van der Waals surface area contributed by atoms with E-state index in [1.54, 1.807) is 13.8 Å². The summed E-state index contributed by atoms with van der Waals surface area (Å²) in [6.45, 7) is 3.18. The lowest BCUT2D eigenvalue weighted by Crippen LogP contribution is -2.53. The third-order valence-electron chi connectivity index (χ3n) is 2.33. The van der Waals surface area contributed by atoms with Gasteiger partial charge in [-0.3, -0.25) is 9.59 Å². The van der Waals surface area contributed by atoms with Crippen LogP contribution in [-0.4, -0.2) is 24.4 Å². The molecule has 1 aromatic rings. The van der Waals surface area contributed by atoms with Crippen LogP contribution in [0.3, 0.4) is 0 Å². The van der Waals surface area contributed by atoms with E-state index in [1.165, 1.54) is 31.3 Å². The van der Waals surface area contributed by atoms with E-state index in [0.29, 0.717) is 5.56 Å². The topological polar surface area (TPSA) is 58.2 Å². The fraction of sp³-hybridized carbons (Fsp3) is 0.333. The Morgan fingerprint density at radius 1 is 1.18 bits per heavy atom. The normalized spacial score (nSPS) is 10.8. The third kappa shape index (κ3) is 3.27. The number of amides is 2. The van der Waals surface area contributed by atoms with Crippen LogP contribution in [-0.2, 0) is 4.79 Å². The van der Waals surface area contributed by atoms with Crippen LogP contribution in [0.4, 0.5) is 4.39 Å². The molecule has 0 atom stereocenters. The van der Waals surface area contributed by atoms with E-state index in [1.807, 2.05) is 0 Å². The van der Waals surface area contributed by atoms with Gasteiger partial charge in [-0.25, -0.2) is 4.39 Å².